The Morgan fingerprint density at radius 3 is 2.67 bits per heavy atom. The molecule has 21 heavy (non-hydrogen) atoms. The number of nitrogens with zero attached hydrogens (tertiary/aromatic N) is 1. The first kappa shape index (κ1) is 15.1. The summed E-state index contributed by atoms with van der Waals surface area (Å²) in [6.45, 7) is 1.81. The summed E-state index contributed by atoms with van der Waals surface area (Å²) in [6.07, 6.45) is -0.393. The van der Waals surface area contributed by atoms with E-state index in [1.807, 2.05) is 37.3 Å². The fourth-order valence-electron chi connectivity index (χ4n) is 2.13. The number of fused-ring (bicyclic) bond motifs is 1. The van der Waals surface area contributed by atoms with Crippen molar-refractivity contribution in [3.8, 4) is 0 Å². The van der Waals surface area contributed by atoms with Crippen LogP contribution in [0.2, 0.25) is 0 Å². The Hall–Kier alpha value is -2.34. The fraction of sp³-hybridized carbons (Fsp3) is 0.333. The van der Waals surface area contributed by atoms with Crippen LogP contribution in [-0.4, -0.2) is 35.0 Å². The monoisotopic (exact) mass is 290 g/mol. The Morgan fingerprint density at radius 2 is 2.05 bits per heavy atom. The molecule has 0 bridgehead atoms. The van der Waals surface area contributed by atoms with Crippen LogP contribution in [0.4, 0.5) is 0 Å². The van der Waals surface area contributed by atoms with Gasteiger partial charge in [0.05, 0.1) is 18.5 Å². The Morgan fingerprint density at radius 1 is 1.38 bits per heavy atom. The largest absolute Gasteiger partial charge is 0.481 e. The first-order valence-corrected chi connectivity index (χ1v) is 6.62. The number of hydrogen-bond donors (Lipinski definition) is 2. The summed E-state index contributed by atoms with van der Waals surface area (Å²) in [5, 5.41) is 9.65. The molecule has 1 amide bonds. The zero-order valence-electron chi connectivity index (χ0n) is 11.9. The van der Waals surface area contributed by atoms with E-state index in [0.717, 1.165) is 11.0 Å². The first-order valence-electron chi connectivity index (χ1n) is 6.62. The molecule has 2 atom stereocenters. The second-order valence-corrected chi connectivity index (χ2v) is 5.02. The number of para-hydroxylation sites is 1. The zero-order valence-corrected chi connectivity index (χ0v) is 11.9. The van der Waals surface area contributed by atoms with E-state index in [-0.39, 0.29) is 6.04 Å². The normalized spacial score (nSPS) is 13.9. The number of carboxylic acid groups (broad SMARTS) is 1. The molecule has 2 rings (SSSR count). The van der Waals surface area contributed by atoms with Crippen molar-refractivity contribution in [3.63, 3.8) is 0 Å². The molecule has 2 unspecified atom stereocenters. The number of aliphatic carboxylic acids is 1. The quantitative estimate of drug-likeness (QED) is 0.874. The summed E-state index contributed by atoms with van der Waals surface area (Å²) in [6, 6.07) is 8.04. The lowest BCUT2D eigenvalue weighted by atomic mass is 10.1. The zero-order chi connectivity index (χ0) is 15.6. The van der Waals surface area contributed by atoms with Crippen molar-refractivity contribution in [1.29, 1.82) is 0 Å². The van der Waals surface area contributed by atoms with E-state index in [0.29, 0.717) is 5.76 Å². The van der Waals surface area contributed by atoms with E-state index in [4.69, 9.17) is 15.3 Å². The van der Waals surface area contributed by atoms with Gasteiger partial charge >= 0.3 is 5.97 Å². The van der Waals surface area contributed by atoms with Crippen molar-refractivity contribution in [3.05, 3.63) is 36.1 Å². The van der Waals surface area contributed by atoms with Crippen LogP contribution in [0.25, 0.3) is 11.0 Å². The molecule has 0 radical (unpaired) electrons. The number of hydrogen-bond acceptors (Lipinski definition) is 4. The van der Waals surface area contributed by atoms with Gasteiger partial charge in [0.1, 0.15) is 11.3 Å². The third kappa shape index (κ3) is 3.22. The third-order valence-electron chi connectivity index (χ3n) is 3.50. The minimum atomic E-state index is -1.10. The minimum absolute atomic E-state index is 0.329. The van der Waals surface area contributed by atoms with Gasteiger partial charge in [-0.05, 0) is 19.1 Å². The Labute approximate surface area is 122 Å². The molecule has 0 fully saturated rings. The highest BCUT2D eigenvalue weighted by Crippen LogP contribution is 2.26. The molecule has 0 aliphatic heterocycles. The molecule has 3 N–H and O–H groups in total. The Balaban J connectivity index is 2.16. The average Bonchev–Trinajstić information content (AvgIpc) is 2.87. The third-order valence-corrected chi connectivity index (χ3v) is 3.50. The molecule has 0 aliphatic rings. The van der Waals surface area contributed by atoms with E-state index in [2.05, 4.69) is 0 Å². The molecular weight excluding hydrogens is 272 g/mol. The minimum Gasteiger partial charge on any atom is -0.481 e. The van der Waals surface area contributed by atoms with E-state index in [1.165, 1.54) is 4.90 Å². The van der Waals surface area contributed by atoms with Crippen molar-refractivity contribution < 1.29 is 19.1 Å². The van der Waals surface area contributed by atoms with Gasteiger partial charge in [0.25, 0.3) is 0 Å². The molecule has 6 heteroatoms. The Kier molecular flexibility index (Phi) is 4.28. The second kappa shape index (κ2) is 5.97. The van der Waals surface area contributed by atoms with Gasteiger partial charge < -0.3 is 20.2 Å². The van der Waals surface area contributed by atoms with E-state index in [1.54, 1.807) is 7.05 Å². The SMILES string of the molecule is CC(c1cc2ccccc2o1)N(C)C(=O)C(N)CC(=O)O. The molecule has 2 aromatic rings. The predicted molar refractivity (Wildman–Crippen MR) is 77.6 cm³/mol. The summed E-state index contributed by atoms with van der Waals surface area (Å²) >= 11 is 0. The van der Waals surface area contributed by atoms with Crippen LogP contribution in [0, 0.1) is 0 Å². The number of rotatable bonds is 5. The highest BCUT2D eigenvalue weighted by atomic mass is 16.4. The lowest BCUT2D eigenvalue weighted by Gasteiger charge is -2.25. The summed E-state index contributed by atoms with van der Waals surface area (Å²) in [7, 11) is 1.59. The molecule has 112 valence electrons. The maximum atomic E-state index is 12.1. The smallest absolute Gasteiger partial charge is 0.305 e. The standard InChI is InChI=1S/C15H18N2O4/c1-9(17(2)15(20)11(16)8-14(18)19)13-7-10-5-3-4-6-12(10)21-13/h3-7,9,11H,8,16H2,1-2H3,(H,18,19). The van der Waals surface area contributed by atoms with Gasteiger partial charge in [0, 0.05) is 12.4 Å². The maximum absolute atomic E-state index is 12.1. The van der Waals surface area contributed by atoms with Crippen molar-refractivity contribution in [1.82, 2.24) is 4.90 Å². The number of carbonyl (C=O) groups is 2. The van der Waals surface area contributed by atoms with Gasteiger partial charge in [-0.1, -0.05) is 18.2 Å². The fourth-order valence-corrected chi connectivity index (χ4v) is 2.13. The van der Waals surface area contributed by atoms with Gasteiger partial charge in [-0.2, -0.15) is 0 Å². The van der Waals surface area contributed by atoms with Gasteiger partial charge in [-0.15, -0.1) is 0 Å². The molecular formula is C15H18N2O4. The van der Waals surface area contributed by atoms with Gasteiger partial charge in [0.2, 0.25) is 5.91 Å². The van der Waals surface area contributed by atoms with Crippen LogP contribution in [0.5, 0.6) is 0 Å². The highest BCUT2D eigenvalue weighted by Gasteiger charge is 2.26. The lowest BCUT2D eigenvalue weighted by Crippen LogP contribution is -2.43. The van der Waals surface area contributed by atoms with Crippen LogP contribution >= 0.6 is 0 Å². The topological polar surface area (TPSA) is 96.8 Å². The van der Waals surface area contributed by atoms with Gasteiger partial charge in [-0.3, -0.25) is 9.59 Å². The summed E-state index contributed by atoms with van der Waals surface area (Å²) < 4.78 is 5.71. The average molecular weight is 290 g/mol. The number of carboxylic acids is 1. The molecule has 0 aliphatic carbocycles. The van der Waals surface area contributed by atoms with Crippen LogP contribution in [0.3, 0.4) is 0 Å². The van der Waals surface area contributed by atoms with Crippen LogP contribution in [-0.2, 0) is 9.59 Å². The van der Waals surface area contributed by atoms with E-state index in [9.17, 15) is 9.59 Å². The number of benzene rings is 1. The summed E-state index contributed by atoms with van der Waals surface area (Å²) in [5.41, 5.74) is 6.35. The second-order valence-electron chi connectivity index (χ2n) is 5.02. The molecule has 1 heterocycles. The molecule has 0 spiro atoms. The molecule has 0 saturated carbocycles. The number of carbonyl (C=O) groups excluding carboxylic acids is 1. The van der Waals surface area contributed by atoms with Gasteiger partial charge in [0.15, 0.2) is 0 Å². The van der Waals surface area contributed by atoms with E-state index < -0.39 is 24.3 Å². The molecule has 0 saturated heterocycles. The highest BCUT2D eigenvalue weighted by molar-refractivity contribution is 5.86. The molecule has 1 aromatic carbocycles. The van der Waals surface area contributed by atoms with E-state index >= 15 is 0 Å². The van der Waals surface area contributed by atoms with Crippen LogP contribution in [0.1, 0.15) is 25.1 Å². The number of likely N-dealkylation sites (N-methyl/N-ethyl adjacent to an activating group) is 1. The molecule has 1 aromatic heterocycles. The Bertz CT molecular complexity index is 631. The maximum Gasteiger partial charge on any atom is 0.305 e. The first-order chi connectivity index (χ1) is 9.90. The lowest BCUT2D eigenvalue weighted by molar-refractivity contribution is -0.142. The molecule has 6 nitrogen and oxygen atoms in total. The van der Waals surface area contributed by atoms with Crippen molar-refractivity contribution in [2.45, 2.75) is 25.4 Å². The number of furan rings is 1. The summed E-state index contributed by atoms with van der Waals surface area (Å²) in [5.74, 6) is -0.888. The van der Waals surface area contributed by atoms with Crippen molar-refractivity contribution >= 4 is 22.8 Å². The number of amides is 1. The van der Waals surface area contributed by atoms with Crippen molar-refractivity contribution in [2.24, 2.45) is 5.73 Å². The van der Waals surface area contributed by atoms with Crippen molar-refractivity contribution in [2.75, 3.05) is 7.05 Å². The van der Waals surface area contributed by atoms with Gasteiger partial charge in [-0.25, -0.2) is 0 Å². The predicted octanol–water partition coefficient (Wildman–Crippen LogP) is 1.75. The number of nitrogens with two attached hydrogens (primary N) is 1. The summed E-state index contributed by atoms with van der Waals surface area (Å²) in [4.78, 5) is 24.1. The van der Waals surface area contributed by atoms with Crippen LogP contribution in [0.15, 0.2) is 34.7 Å². The van der Waals surface area contributed by atoms with Crippen LogP contribution < -0.4 is 5.73 Å².